The number of benzene rings is 2. The zero-order chi connectivity index (χ0) is 17.4. The summed E-state index contributed by atoms with van der Waals surface area (Å²) in [4.78, 5) is 0. The zero-order valence-electron chi connectivity index (χ0n) is 13.5. The Morgan fingerprint density at radius 2 is 2.00 bits per heavy atom. The van der Waals surface area contributed by atoms with Crippen LogP contribution < -0.4 is 0 Å². The number of ether oxygens (including phenoxy) is 1. The molecule has 0 spiro atoms. The number of nitrogens with zero attached hydrogens (tertiary/aromatic N) is 2. The maximum Gasteiger partial charge on any atom is 0.137 e. The number of aromatic nitrogens is 1. The van der Waals surface area contributed by atoms with E-state index in [1.807, 2.05) is 36.4 Å². The highest BCUT2D eigenvalue weighted by molar-refractivity contribution is 6.08. The Hall–Kier alpha value is -2.65. The fourth-order valence-corrected chi connectivity index (χ4v) is 3.61. The van der Waals surface area contributed by atoms with E-state index in [0.29, 0.717) is 6.42 Å². The molecule has 1 aliphatic heterocycles. The van der Waals surface area contributed by atoms with Gasteiger partial charge in [0.2, 0.25) is 0 Å². The molecule has 25 heavy (non-hydrogen) atoms. The van der Waals surface area contributed by atoms with Gasteiger partial charge in [-0.2, -0.15) is 5.26 Å². The molecule has 3 atom stereocenters. The van der Waals surface area contributed by atoms with Gasteiger partial charge in [-0.3, -0.25) is 0 Å². The Labute approximate surface area is 145 Å². The first kappa shape index (κ1) is 15.9. The molecule has 1 aromatic heterocycles. The molecule has 3 aromatic rings. The molecule has 2 aromatic carbocycles. The molecule has 1 saturated heterocycles. The second kappa shape index (κ2) is 6.34. The molecule has 4 rings (SSSR count). The van der Waals surface area contributed by atoms with Gasteiger partial charge in [0.05, 0.1) is 29.8 Å². The van der Waals surface area contributed by atoms with Crippen molar-refractivity contribution in [2.45, 2.75) is 24.9 Å². The molecule has 1 unspecified atom stereocenters. The molecule has 0 bridgehead atoms. The van der Waals surface area contributed by atoms with Crippen molar-refractivity contribution >= 4 is 27.9 Å². The fraction of sp³-hybridized carbons (Fsp3) is 0.250. The lowest BCUT2D eigenvalue weighted by molar-refractivity contribution is -0.0416. The largest absolute Gasteiger partial charge is 0.394 e. The summed E-state index contributed by atoms with van der Waals surface area (Å²) in [6.07, 6.45) is 2.12. The van der Waals surface area contributed by atoms with Crippen molar-refractivity contribution in [3.8, 4) is 6.07 Å². The summed E-state index contributed by atoms with van der Waals surface area (Å²) < 4.78 is 7.97. The third-order valence-electron chi connectivity index (χ3n) is 4.76. The van der Waals surface area contributed by atoms with E-state index in [4.69, 9.17) is 10.00 Å². The highest BCUT2D eigenvalue weighted by atomic mass is 16.5. The normalized spacial score (nSPS) is 23.6. The van der Waals surface area contributed by atoms with Crippen LogP contribution >= 0.6 is 0 Å². The van der Waals surface area contributed by atoms with Crippen molar-refractivity contribution in [1.29, 1.82) is 5.26 Å². The minimum Gasteiger partial charge on any atom is -0.394 e. The van der Waals surface area contributed by atoms with E-state index in [-0.39, 0.29) is 12.8 Å². The van der Waals surface area contributed by atoms with Gasteiger partial charge < -0.3 is 19.5 Å². The van der Waals surface area contributed by atoms with Gasteiger partial charge in [0.15, 0.2) is 0 Å². The van der Waals surface area contributed by atoms with Crippen LogP contribution in [0.1, 0.15) is 18.2 Å². The summed E-state index contributed by atoms with van der Waals surface area (Å²) >= 11 is 0. The number of fused-ring (bicyclic) bond motifs is 3. The third kappa shape index (κ3) is 2.61. The van der Waals surface area contributed by atoms with Gasteiger partial charge in [0.1, 0.15) is 12.3 Å². The molecule has 0 radical (unpaired) electrons. The second-order valence-electron chi connectivity index (χ2n) is 6.24. The van der Waals surface area contributed by atoms with E-state index in [2.05, 4.69) is 16.7 Å². The van der Waals surface area contributed by atoms with Crippen LogP contribution in [0.5, 0.6) is 0 Å². The molecule has 2 N–H and O–H groups in total. The minimum absolute atomic E-state index is 0.197. The van der Waals surface area contributed by atoms with E-state index in [9.17, 15) is 10.2 Å². The summed E-state index contributed by atoms with van der Waals surface area (Å²) in [5.74, 6) is 0. The quantitative estimate of drug-likeness (QED) is 0.722. The number of aliphatic hydroxyl groups excluding tert-OH is 2. The van der Waals surface area contributed by atoms with Crippen molar-refractivity contribution in [3.05, 3.63) is 54.1 Å². The molecule has 0 saturated carbocycles. The number of para-hydroxylation sites is 1. The van der Waals surface area contributed by atoms with Crippen molar-refractivity contribution in [1.82, 2.24) is 4.57 Å². The van der Waals surface area contributed by atoms with Gasteiger partial charge >= 0.3 is 0 Å². The highest BCUT2D eigenvalue weighted by Gasteiger charge is 2.35. The second-order valence-corrected chi connectivity index (χ2v) is 6.24. The van der Waals surface area contributed by atoms with Gasteiger partial charge in [-0.15, -0.1) is 0 Å². The van der Waals surface area contributed by atoms with Crippen LogP contribution in [0.15, 0.2) is 48.5 Å². The topological polar surface area (TPSA) is 78.4 Å². The number of hydrogen-bond acceptors (Lipinski definition) is 4. The highest BCUT2D eigenvalue weighted by Crippen LogP contribution is 2.38. The third-order valence-corrected chi connectivity index (χ3v) is 4.76. The van der Waals surface area contributed by atoms with Gasteiger partial charge in [-0.05, 0) is 29.8 Å². The van der Waals surface area contributed by atoms with Gasteiger partial charge in [0, 0.05) is 23.3 Å². The van der Waals surface area contributed by atoms with E-state index < -0.39 is 12.2 Å². The van der Waals surface area contributed by atoms with Crippen molar-refractivity contribution in [2.24, 2.45) is 0 Å². The number of allylic oxidation sites excluding steroid dienone is 1. The Balaban J connectivity index is 1.91. The predicted octanol–water partition coefficient (Wildman–Crippen LogP) is 2.97. The van der Waals surface area contributed by atoms with Crippen molar-refractivity contribution in [3.63, 3.8) is 0 Å². The lowest BCUT2D eigenvalue weighted by atomic mass is 10.1. The van der Waals surface area contributed by atoms with E-state index in [0.717, 1.165) is 27.4 Å². The average molecular weight is 334 g/mol. The number of rotatable bonds is 3. The van der Waals surface area contributed by atoms with E-state index >= 15 is 0 Å². The Kier molecular flexibility index (Phi) is 4.02. The van der Waals surface area contributed by atoms with Crippen LogP contribution in [0.3, 0.4) is 0 Å². The smallest absolute Gasteiger partial charge is 0.137 e. The number of aliphatic hydroxyl groups is 2. The molecule has 5 heteroatoms. The maximum atomic E-state index is 10.1. The van der Waals surface area contributed by atoms with Gasteiger partial charge in [-0.1, -0.05) is 24.3 Å². The fourth-order valence-electron chi connectivity index (χ4n) is 3.61. The summed E-state index contributed by atoms with van der Waals surface area (Å²) in [5, 5.41) is 30.4. The molecule has 2 heterocycles. The Bertz CT molecular complexity index is 999. The SMILES string of the molecule is N#C/C=C/c1ccc2c(c1)c1ccccc1n2[C@H]1CC(O)[C@@H](CO)O1. The standard InChI is InChI=1S/C20H18N2O3/c21-9-3-4-13-7-8-17-15(10-13)14-5-1-2-6-16(14)22(17)20-11-18(24)19(12-23)25-20/h1-8,10,18-20,23-24H,11-12H2/b4-3+/t18?,19-,20-/m1/s1. The lowest BCUT2D eigenvalue weighted by Gasteiger charge is -2.16. The first-order chi connectivity index (χ1) is 12.2. The lowest BCUT2D eigenvalue weighted by Crippen LogP contribution is -2.24. The number of hydrogen-bond donors (Lipinski definition) is 2. The summed E-state index contributed by atoms with van der Waals surface area (Å²) in [7, 11) is 0. The molecular weight excluding hydrogens is 316 g/mol. The summed E-state index contributed by atoms with van der Waals surface area (Å²) in [6.45, 7) is -0.197. The molecule has 126 valence electrons. The molecule has 5 nitrogen and oxygen atoms in total. The number of nitriles is 1. The average Bonchev–Trinajstić information content (AvgIpc) is 3.17. The molecule has 0 amide bonds. The molecular formula is C20H18N2O3. The summed E-state index contributed by atoms with van der Waals surface area (Å²) in [5.41, 5.74) is 2.98. The Morgan fingerprint density at radius 3 is 2.76 bits per heavy atom. The van der Waals surface area contributed by atoms with Crippen molar-refractivity contribution in [2.75, 3.05) is 6.61 Å². The minimum atomic E-state index is -0.677. The molecule has 1 fully saturated rings. The molecule has 0 aliphatic carbocycles. The maximum absolute atomic E-state index is 10.1. The first-order valence-electron chi connectivity index (χ1n) is 8.26. The van der Waals surface area contributed by atoms with Crippen LogP contribution in [0.2, 0.25) is 0 Å². The predicted molar refractivity (Wildman–Crippen MR) is 95.7 cm³/mol. The van der Waals surface area contributed by atoms with Gasteiger partial charge in [-0.25, -0.2) is 0 Å². The van der Waals surface area contributed by atoms with Crippen LogP contribution in [0.4, 0.5) is 0 Å². The van der Waals surface area contributed by atoms with Crippen LogP contribution in [-0.4, -0.2) is 33.6 Å². The Morgan fingerprint density at radius 1 is 1.20 bits per heavy atom. The van der Waals surface area contributed by atoms with Crippen LogP contribution in [0.25, 0.3) is 27.9 Å². The monoisotopic (exact) mass is 334 g/mol. The van der Waals surface area contributed by atoms with E-state index in [1.165, 1.54) is 6.08 Å². The molecule has 1 aliphatic rings. The zero-order valence-corrected chi connectivity index (χ0v) is 13.5. The summed E-state index contributed by atoms with van der Waals surface area (Å²) in [6, 6.07) is 16.1. The van der Waals surface area contributed by atoms with Gasteiger partial charge in [0.25, 0.3) is 0 Å². The van der Waals surface area contributed by atoms with Crippen LogP contribution in [-0.2, 0) is 4.74 Å². The van der Waals surface area contributed by atoms with E-state index in [1.54, 1.807) is 6.08 Å². The van der Waals surface area contributed by atoms with Crippen LogP contribution in [0, 0.1) is 11.3 Å². The first-order valence-corrected chi connectivity index (χ1v) is 8.26. The van der Waals surface area contributed by atoms with Crippen molar-refractivity contribution < 1.29 is 14.9 Å².